The fraction of sp³-hybridized carbons (Fsp3) is 0.333. The smallest absolute Gasteiger partial charge is 0.220 e. The minimum absolute atomic E-state index is 0.0327. The van der Waals surface area contributed by atoms with Crippen LogP contribution in [-0.4, -0.2) is 15.7 Å². The molecule has 0 aliphatic carbocycles. The van der Waals surface area contributed by atoms with Gasteiger partial charge < -0.3 is 15.5 Å². The molecule has 0 atom stereocenters. The molecule has 6 heteroatoms. The van der Waals surface area contributed by atoms with Crippen LogP contribution in [0.3, 0.4) is 0 Å². The van der Waals surface area contributed by atoms with E-state index in [1.54, 1.807) is 24.2 Å². The number of anilines is 1. The molecular formula is C12H16N4O2. The molecule has 0 aliphatic heterocycles. The first-order valence-corrected chi connectivity index (χ1v) is 5.72. The van der Waals surface area contributed by atoms with Gasteiger partial charge in [0.05, 0.1) is 12.5 Å². The van der Waals surface area contributed by atoms with Crippen LogP contribution in [0.1, 0.15) is 17.7 Å². The summed E-state index contributed by atoms with van der Waals surface area (Å²) in [5.41, 5.74) is 6.60. The van der Waals surface area contributed by atoms with Gasteiger partial charge in [-0.2, -0.15) is 5.10 Å². The van der Waals surface area contributed by atoms with Crippen LogP contribution < -0.4 is 11.1 Å². The number of aryl methyl sites for hydroxylation is 2. The molecule has 0 fully saturated rings. The highest BCUT2D eigenvalue weighted by Gasteiger charge is 2.07. The fourth-order valence-electron chi connectivity index (χ4n) is 1.60. The molecule has 0 bridgehead atoms. The Morgan fingerprint density at radius 1 is 1.61 bits per heavy atom. The van der Waals surface area contributed by atoms with Gasteiger partial charge in [0.1, 0.15) is 11.6 Å². The second-order valence-corrected chi connectivity index (χ2v) is 4.03. The molecule has 18 heavy (non-hydrogen) atoms. The van der Waals surface area contributed by atoms with E-state index in [1.807, 2.05) is 12.1 Å². The minimum atomic E-state index is -0.0327. The monoisotopic (exact) mass is 248 g/mol. The van der Waals surface area contributed by atoms with Crippen LogP contribution in [-0.2, 0) is 24.8 Å². The van der Waals surface area contributed by atoms with Crippen molar-refractivity contribution in [1.29, 1.82) is 0 Å². The first-order valence-electron chi connectivity index (χ1n) is 5.72. The Morgan fingerprint density at radius 3 is 3.06 bits per heavy atom. The average molecular weight is 248 g/mol. The number of nitrogens with two attached hydrogens (primary N) is 1. The van der Waals surface area contributed by atoms with Crippen molar-refractivity contribution in [2.45, 2.75) is 19.4 Å². The third-order valence-electron chi connectivity index (χ3n) is 2.72. The summed E-state index contributed by atoms with van der Waals surface area (Å²) in [7, 11) is 1.76. The Balaban J connectivity index is 1.76. The van der Waals surface area contributed by atoms with Crippen molar-refractivity contribution in [3.63, 3.8) is 0 Å². The minimum Gasteiger partial charge on any atom is -0.469 e. The SMILES string of the molecule is Cn1ncc(CNC(=O)CCc2ccco2)c1N. The maximum atomic E-state index is 11.6. The molecule has 0 aromatic carbocycles. The van der Waals surface area contributed by atoms with Gasteiger partial charge in [-0.15, -0.1) is 0 Å². The second kappa shape index (κ2) is 5.39. The van der Waals surface area contributed by atoms with E-state index >= 15 is 0 Å². The molecule has 1 amide bonds. The third-order valence-corrected chi connectivity index (χ3v) is 2.72. The summed E-state index contributed by atoms with van der Waals surface area (Å²) in [6.07, 6.45) is 4.25. The molecule has 2 aromatic heterocycles. The van der Waals surface area contributed by atoms with Gasteiger partial charge in [0.25, 0.3) is 0 Å². The van der Waals surface area contributed by atoms with Crippen molar-refractivity contribution in [3.8, 4) is 0 Å². The Kier molecular flexibility index (Phi) is 3.66. The van der Waals surface area contributed by atoms with Crippen molar-refractivity contribution in [1.82, 2.24) is 15.1 Å². The Hall–Kier alpha value is -2.24. The molecule has 2 aromatic rings. The lowest BCUT2D eigenvalue weighted by Crippen LogP contribution is -2.23. The van der Waals surface area contributed by atoms with Crippen LogP contribution in [0, 0.1) is 0 Å². The third kappa shape index (κ3) is 2.91. The largest absolute Gasteiger partial charge is 0.469 e. The molecule has 6 nitrogen and oxygen atoms in total. The second-order valence-electron chi connectivity index (χ2n) is 4.03. The van der Waals surface area contributed by atoms with E-state index in [-0.39, 0.29) is 5.91 Å². The molecular weight excluding hydrogens is 232 g/mol. The molecule has 96 valence electrons. The van der Waals surface area contributed by atoms with Crippen molar-refractivity contribution in [2.75, 3.05) is 5.73 Å². The van der Waals surface area contributed by atoms with E-state index in [1.165, 1.54) is 0 Å². The highest BCUT2D eigenvalue weighted by molar-refractivity contribution is 5.76. The van der Waals surface area contributed by atoms with E-state index in [4.69, 9.17) is 10.2 Å². The molecule has 2 heterocycles. The highest BCUT2D eigenvalue weighted by atomic mass is 16.3. The lowest BCUT2D eigenvalue weighted by Gasteiger charge is -2.04. The van der Waals surface area contributed by atoms with Crippen LogP contribution in [0.4, 0.5) is 5.82 Å². The van der Waals surface area contributed by atoms with E-state index in [0.717, 1.165) is 11.3 Å². The fourth-order valence-corrected chi connectivity index (χ4v) is 1.60. The highest BCUT2D eigenvalue weighted by Crippen LogP contribution is 2.08. The number of carbonyl (C=O) groups excluding carboxylic acids is 1. The number of furan rings is 1. The summed E-state index contributed by atoms with van der Waals surface area (Å²) in [5, 5.41) is 6.81. The van der Waals surface area contributed by atoms with Gasteiger partial charge in [0.2, 0.25) is 5.91 Å². The summed E-state index contributed by atoms with van der Waals surface area (Å²) < 4.78 is 6.73. The first kappa shape index (κ1) is 12.2. The summed E-state index contributed by atoms with van der Waals surface area (Å²) in [4.78, 5) is 11.6. The van der Waals surface area contributed by atoms with Crippen LogP contribution in [0.25, 0.3) is 0 Å². The molecule has 0 saturated carbocycles. The summed E-state index contributed by atoms with van der Waals surface area (Å²) in [5.74, 6) is 1.35. The lowest BCUT2D eigenvalue weighted by molar-refractivity contribution is -0.121. The van der Waals surface area contributed by atoms with Crippen molar-refractivity contribution in [2.24, 2.45) is 7.05 Å². The molecule has 0 spiro atoms. The van der Waals surface area contributed by atoms with E-state index in [2.05, 4.69) is 10.4 Å². The lowest BCUT2D eigenvalue weighted by atomic mass is 10.2. The number of nitrogens with zero attached hydrogens (tertiary/aromatic N) is 2. The zero-order valence-electron chi connectivity index (χ0n) is 10.2. The van der Waals surface area contributed by atoms with Crippen LogP contribution in [0.2, 0.25) is 0 Å². The maximum absolute atomic E-state index is 11.6. The van der Waals surface area contributed by atoms with E-state index < -0.39 is 0 Å². The molecule has 0 radical (unpaired) electrons. The van der Waals surface area contributed by atoms with Crippen molar-refractivity contribution < 1.29 is 9.21 Å². The number of nitrogen functional groups attached to an aromatic ring is 1. The molecule has 0 saturated heterocycles. The number of carbonyl (C=O) groups is 1. The number of hydrogen-bond donors (Lipinski definition) is 2. The average Bonchev–Trinajstić information content (AvgIpc) is 2.97. The number of nitrogens with one attached hydrogen (secondary N) is 1. The predicted octanol–water partition coefficient (Wildman–Crippen LogP) is 0.844. The Bertz CT molecular complexity index is 516. The predicted molar refractivity (Wildman–Crippen MR) is 66.5 cm³/mol. The van der Waals surface area contributed by atoms with E-state index in [9.17, 15) is 4.79 Å². The zero-order valence-corrected chi connectivity index (χ0v) is 10.2. The standard InChI is InChI=1S/C12H16N4O2/c1-16-12(13)9(8-15-16)7-14-11(17)5-4-10-3-2-6-18-10/h2-3,6,8H,4-5,7,13H2,1H3,(H,14,17). The van der Waals surface area contributed by atoms with Gasteiger partial charge in [-0.3, -0.25) is 9.48 Å². The number of hydrogen-bond acceptors (Lipinski definition) is 4. The van der Waals surface area contributed by atoms with Crippen molar-refractivity contribution in [3.05, 3.63) is 35.9 Å². The van der Waals surface area contributed by atoms with Crippen molar-refractivity contribution >= 4 is 11.7 Å². The van der Waals surface area contributed by atoms with E-state index in [0.29, 0.717) is 25.2 Å². The van der Waals surface area contributed by atoms with Crippen LogP contribution in [0.15, 0.2) is 29.0 Å². The normalized spacial score (nSPS) is 10.5. The summed E-state index contributed by atoms with van der Waals surface area (Å²) in [6, 6.07) is 3.66. The molecule has 2 rings (SSSR count). The number of aromatic nitrogens is 2. The topological polar surface area (TPSA) is 86.1 Å². The number of amides is 1. The van der Waals surface area contributed by atoms with Gasteiger partial charge >= 0.3 is 0 Å². The van der Waals surface area contributed by atoms with Gasteiger partial charge in [0.15, 0.2) is 0 Å². The number of rotatable bonds is 5. The summed E-state index contributed by atoms with van der Waals surface area (Å²) >= 11 is 0. The van der Waals surface area contributed by atoms with Crippen LogP contribution >= 0.6 is 0 Å². The Morgan fingerprint density at radius 2 is 2.44 bits per heavy atom. The van der Waals surface area contributed by atoms with Crippen LogP contribution in [0.5, 0.6) is 0 Å². The summed E-state index contributed by atoms with van der Waals surface area (Å²) in [6.45, 7) is 0.399. The van der Waals surface area contributed by atoms with Gasteiger partial charge in [-0.1, -0.05) is 0 Å². The van der Waals surface area contributed by atoms with Gasteiger partial charge in [-0.05, 0) is 12.1 Å². The maximum Gasteiger partial charge on any atom is 0.220 e. The first-order chi connectivity index (χ1) is 8.66. The molecule has 0 aliphatic rings. The molecule has 0 unspecified atom stereocenters. The van der Waals surface area contributed by atoms with Gasteiger partial charge in [-0.25, -0.2) is 0 Å². The van der Waals surface area contributed by atoms with Gasteiger partial charge in [0, 0.05) is 32.0 Å². The zero-order chi connectivity index (χ0) is 13.0. The quantitative estimate of drug-likeness (QED) is 0.821. The Labute approximate surface area is 105 Å². The molecule has 3 N–H and O–H groups in total.